The van der Waals surface area contributed by atoms with Crippen LogP contribution in [0.25, 0.3) is 0 Å². The topological polar surface area (TPSA) is 75.4 Å². The molecule has 0 aliphatic rings. The van der Waals surface area contributed by atoms with E-state index in [1.54, 1.807) is 12.1 Å². The standard InChI is InChI=1S/C10H13ClN2O3/c1-7(4-5-14)12-9-3-2-8(11)6-10(9)13(15)16/h2-3,6-7,12,14H,4-5H2,1H3. The number of halogens is 1. The van der Waals surface area contributed by atoms with Gasteiger partial charge in [-0.05, 0) is 25.5 Å². The summed E-state index contributed by atoms with van der Waals surface area (Å²) in [6.45, 7) is 1.88. The number of hydrogen-bond donors (Lipinski definition) is 2. The predicted molar refractivity (Wildman–Crippen MR) is 62.9 cm³/mol. The second-order valence-electron chi connectivity index (χ2n) is 3.48. The van der Waals surface area contributed by atoms with Gasteiger partial charge in [0.1, 0.15) is 5.69 Å². The molecule has 0 bridgehead atoms. The zero-order chi connectivity index (χ0) is 12.1. The lowest BCUT2D eigenvalue weighted by Crippen LogP contribution is -2.17. The molecule has 0 amide bonds. The van der Waals surface area contributed by atoms with Crippen LogP contribution in [-0.2, 0) is 0 Å². The molecule has 1 aromatic carbocycles. The SMILES string of the molecule is CC(CCO)Nc1ccc(Cl)cc1[N+](=O)[O-]. The van der Waals surface area contributed by atoms with E-state index in [4.69, 9.17) is 16.7 Å². The summed E-state index contributed by atoms with van der Waals surface area (Å²) in [5, 5.41) is 22.8. The molecule has 1 unspecified atom stereocenters. The van der Waals surface area contributed by atoms with Gasteiger partial charge in [0.25, 0.3) is 5.69 Å². The van der Waals surface area contributed by atoms with Crippen LogP contribution in [0, 0.1) is 10.1 Å². The fourth-order valence-corrected chi connectivity index (χ4v) is 1.48. The highest BCUT2D eigenvalue weighted by atomic mass is 35.5. The number of nitrogens with zero attached hydrogens (tertiary/aromatic N) is 1. The van der Waals surface area contributed by atoms with Crippen LogP contribution in [0.3, 0.4) is 0 Å². The molecule has 6 heteroatoms. The highest BCUT2D eigenvalue weighted by Crippen LogP contribution is 2.28. The van der Waals surface area contributed by atoms with E-state index in [0.29, 0.717) is 17.1 Å². The van der Waals surface area contributed by atoms with E-state index in [0.717, 1.165) is 0 Å². The summed E-state index contributed by atoms with van der Waals surface area (Å²) in [4.78, 5) is 10.3. The lowest BCUT2D eigenvalue weighted by atomic mass is 10.2. The molecule has 0 fully saturated rings. The monoisotopic (exact) mass is 244 g/mol. The van der Waals surface area contributed by atoms with Crippen molar-refractivity contribution in [1.82, 2.24) is 0 Å². The fraction of sp³-hybridized carbons (Fsp3) is 0.400. The van der Waals surface area contributed by atoms with Crippen LogP contribution >= 0.6 is 11.6 Å². The number of benzene rings is 1. The average molecular weight is 245 g/mol. The highest BCUT2D eigenvalue weighted by molar-refractivity contribution is 6.30. The maximum Gasteiger partial charge on any atom is 0.293 e. The van der Waals surface area contributed by atoms with Gasteiger partial charge in [-0.15, -0.1) is 0 Å². The van der Waals surface area contributed by atoms with Crippen molar-refractivity contribution in [2.75, 3.05) is 11.9 Å². The lowest BCUT2D eigenvalue weighted by Gasteiger charge is -2.13. The zero-order valence-electron chi connectivity index (χ0n) is 8.81. The van der Waals surface area contributed by atoms with Gasteiger partial charge in [0, 0.05) is 23.7 Å². The highest BCUT2D eigenvalue weighted by Gasteiger charge is 2.15. The van der Waals surface area contributed by atoms with Gasteiger partial charge in [0.05, 0.1) is 4.92 Å². The molecule has 5 nitrogen and oxygen atoms in total. The Hall–Kier alpha value is -1.33. The molecule has 0 aliphatic heterocycles. The van der Waals surface area contributed by atoms with Gasteiger partial charge >= 0.3 is 0 Å². The van der Waals surface area contributed by atoms with Crippen molar-refractivity contribution in [3.8, 4) is 0 Å². The Labute approximate surface area is 98.2 Å². The average Bonchev–Trinajstić information content (AvgIpc) is 2.20. The lowest BCUT2D eigenvalue weighted by molar-refractivity contribution is -0.384. The number of rotatable bonds is 5. The molecule has 0 aliphatic carbocycles. The molecule has 0 aromatic heterocycles. The molecular formula is C10H13ClN2O3. The van der Waals surface area contributed by atoms with Crippen LogP contribution in [0.15, 0.2) is 18.2 Å². The van der Waals surface area contributed by atoms with Gasteiger partial charge in [-0.3, -0.25) is 10.1 Å². The fourth-order valence-electron chi connectivity index (χ4n) is 1.31. The molecule has 88 valence electrons. The first-order chi connectivity index (χ1) is 7.54. The number of hydrogen-bond acceptors (Lipinski definition) is 4. The van der Waals surface area contributed by atoms with E-state index < -0.39 is 4.92 Å². The van der Waals surface area contributed by atoms with Gasteiger partial charge < -0.3 is 10.4 Å². The van der Waals surface area contributed by atoms with Crippen molar-refractivity contribution in [2.45, 2.75) is 19.4 Å². The van der Waals surface area contributed by atoms with E-state index in [1.807, 2.05) is 6.92 Å². The number of aliphatic hydroxyl groups is 1. The largest absolute Gasteiger partial charge is 0.396 e. The Morgan fingerprint density at radius 3 is 2.88 bits per heavy atom. The van der Waals surface area contributed by atoms with Crippen LogP contribution in [0.4, 0.5) is 11.4 Å². The molecular weight excluding hydrogens is 232 g/mol. The summed E-state index contributed by atoms with van der Waals surface area (Å²) < 4.78 is 0. The third-order valence-electron chi connectivity index (χ3n) is 2.12. The van der Waals surface area contributed by atoms with E-state index in [1.165, 1.54) is 6.07 Å². The molecule has 1 rings (SSSR count). The smallest absolute Gasteiger partial charge is 0.293 e. The minimum absolute atomic E-state index is 0.0372. The second-order valence-corrected chi connectivity index (χ2v) is 3.91. The molecule has 0 spiro atoms. The van der Waals surface area contributed by atoms with E-state index in [-0.39, 0.29) is 18.3 Å². The van der Waals surface area contributed by atoms with Gasteiger partial charge in [-0.2, -0.15) is 0 Å². The Balaban J connectivity index is 2.90. The first-order valence-corrected chi connectivity index (χ1v) is 5.23. The molecule has 2 N–H and O–H groups in total. The van der Waals surface area contributed by atoms with Crippen molar-refractivity contribution in [1.29, 1.82) is 0 Å². The van der Waals surface area contributed by atoms with Crippen LogP contribution in [0.5, 0.6) is 0 Å². The van der Waals surface area contributed by atoms with Crippen molar-refractivity contribution in [3.05, 3.63) is 33.3 Å². The van der Waals surface area contributed by atoms with E-state index >= 15 is 0 Å². The first kappa shape index (κ1) is 12.7. The van der Waals surface area contributed by atoms with Crippen LogP contribution in [0.2, 0.25) is 5.02 Å². The Kier molecular flexibility index (Phi) is 4.52. The maximum absolute atomic E-state index is 10.8. The van der Waals surface area contributed by atoms with E-state index in [2.05, 4.69) is 5.32 Å². The van der Waals surface area contributed by atoms with Gasteiger partial charge in [0.15, 0.2) is 0 Å². The summed E-state index contributed by atoms with van der Waals surface area (Å²) in [5.74, 6) is 0. The molecule has 1 aromatic rings. The van der Waals surface area contributed by atoms with Crippen LogP contribution < -0.4 is 5.32 Å². The minimum atomic E-state index is -0.486. The molecule has 0 radical (unpaired) electrons. The third-order valence-corrected chi connectivity index (χ3v) is 2.36. The zero-order valence-corrected chi connectivity index (χ0v) is 9.57. The molecule has 0 heterocycles. The van der Waals surface area contributed by atoms with Crippen molar-refractivity contribution < 1.29 is 10.0 Å². The molecule has 1 atom stereocenters. The summed E-state index contributed by atoms with van der Waals surface area (Å²) in [6.07, 6.45) is 0.528. The Morgan fingerprint density at radius 1 is 1.62 bits per heavy atom. The quantitative estimate of drug-likeness (QED) is 0.616. The van der Waals surface area contributed by atoms with Crippen molar-refractivity contribution in [2.24, 2.45) is 0 Å². The predicted octanol–water partition coefficient (Wildman–Crippen LogP) is 2.43. The van der Waals surface area contributed by atoms with Crippen molar-refractivity contribution >= 4 is 23.0 Å². The van der Waals surface area contributed by atoms with Crippen molar-refractivity contribution in [3.63, 3.8) is 0 Å². The number of nitrogens with one attached hydrogen (secondary N) is 1. The summed E-state index contributed by atoms with van der Waals surface area (Å²) >= 11 is 5.69. The minimum Gasteiger partial charge on any atom is -0.396 e. The maximum atomic E-state index is 10.8. The summed E-state index contributed by atoms with van der Waals surface area (Å²) in [6, 6.07) is 4.41. The third kappa shape index (κ3) is 3.36. The first-order valence-electron chi connectivity index (χ1n) is 4.86. The van der Waals surface area contributed by atoms with Crippen LogP contribution in [0.1, 0.15) is 13.3 Å². The Bertz CT molecular complexity index is 384. The van der Waals surface area contributed by atoms with Gasteiger partial charge in [-0.25, -0.2) is 0 Å². The summed E-state index contributed by atoms with van der Waals surface area (Å²) in [7, 11) is 0. The number of nitro groups is 1. The molecule has 0 saturated carbocycles. The number of anilines is 1. The second kappa shape index (κ2) is 5.67. The number of nitro benzene ring substituents is 1. The van der Waals surface area contributed by atoms with E-state index in [9.17, 15) is 10.1 Å². The normalized spacial score (nSPS) is 12.2. The van der Waals surface area contributed by atoms with Crippen LogP contribution in [-0.4, -0.2) is 22.7 Å². The molecule has 16 heavy (non-hydrogen) atoms. The van der Waals surface area contributed by atoms with Gasteiger partial charge in [-0.1, -0.05) is 11.6 Å². The Morgan fingerprint density at radius 2 is 2.31 bits per heavy atom. The number of aliphatic hydroxyl groups excluding tert-OH is 1. The summed E-state index contributed by atoms with van der Waals surface area (Å²) in [5.41, 5.74) is 0.354. The molecule has 0 saturated heterocycles. The van der Waals surface area contributed by atoms with Gasteiger partial charge in [0.2, 0.25) is 0 Å².